The van der Waals surface area contributed by atoms with Gasteiger partial charge in [0.25, 0.3) is 0 Å². The molecule has 1 fully saturated rings. The molecule has 0 atom stereocenters. The van der Waals surface area contributed by atoms with Crippen molar-refractivity contribution in [3.05, 3.63) is 61.1 Å². The summed E-state index contributed by atoms with van der Waals surface area (Å²) in [4.78, 5) is 15.5. The van der Waals surface area contributed by atoms with E-state index < -0.39 is 0 Å². The Morgan fingerprint density at radius 2 is 1.80 bits per heavy atom. The van der Waals surface area contributed by atoms with Crippen molar-refractivity contribution in [3.8, 4) is 11.3 Å². The zero-order chi connectivity index (χ0) is 16.9. The highest BCUT2D eigenvalue weighted by molar-refractivity contribution is 5.65. The molecule has 0 radical (unpaired) electrons. The summed E-state index contributed by atoms with van der Waals surface area (Å²) in [6.07, 6.45) is 5.44. The highest BCUT2D eigenvalue weighted by Gasteiger charge is 2.11. The van der Waals surface area contributed by atoms with Gasteiger partial charge in [-0.3, -0.25) is 4.98 Å². The summed E-state index contributed by atoms with van der Waals surface area (Å²) in [6, 6.07) is 13.8. The number of aromatic nitrogens is 3. The number of pyridine rings is 3. The number of ether oxygens (including phenoxy) is 1. The van der Waals surface area contributed by atoms with Crippen LogP contribution in [-0.4, -0.2) is 41.3 Å². The normalized spacial score (nSPS) is 14.3. The van der Waals surface area contributed by atoms with Crippen LogP contribution in [0.5, 0.6) is 0 Å². The van der Waals surface area contributed by atoms with Gasteiger partial charge in [0.15, 0.2) is 0 Å². The van der Waals surface area contributed by atoms with E-state index in [4.69, 9.17) is 4.74 Å². The maximum atomic E-state index is 5.38. The predicted octanol–water partition coefficient (Wildman–Crippen LogP) is 3.12. The molecule has 25 heavy (non-hydrogen) atoms. The summed E-state index contributed by atoms with van der Waals surface area (Å²) < 4.78 is 5.38. The molecule has 0 amide bonds. The van der Waals surface area contributed by atoms with Crippen LogP contribution in [-0.2, 0) is 4.74 Å². The Morgan fingerprint density at radius 1 is 0.880 bits per heavy atom. The molecule has 1 N–H and O–H groups in total. The van der Waals surface area contributed by atoms with Crippen molar-refractivity contribution in [3.63, 3.8) is 0 Å². The SMILES string of the molecule is c1ccc(-c2ccnc(Nc3ccc(N4CCOCC4)cn3)c2)nc1. The van der Waals surface area contributed by atoms with E-state index >= 15 is 0 Å². The second-order valence-electron chi connectivity index (χ2n) is 5.77. The number of nitrogens with one attached hydrogen (secondary N) is 1. The summed E-state index contributed by atoms with van der Waals surface area (Å²) in [7, 11) is 0. The zero-order valence-corrected chi connectivity index (χ0v) is 13.8. The molecule has 3 aromatic rings. The van der Waals surface area contributed by atoms with Gasteiger partial charge in [0.1, 0.15) is 11.6 Å². The Kier molecular flexibility index (Phi) is 4.52. The largest absolute Gasteiger partial charge is 0.378 e. The average Bonchev–Trinajstić information content (AvgIpc) is 2.70. The van der Waals surface area contributed by atoms with Gasteiger partial charge in [0.2, 0.25) is 0 Å². The van der Waals surface area contributed by atoms with Gasteiger partial charge in [0, 0.05) is 31.0 Å². The molecule has 1 aliphatic rings. The molecule has 1 saturated heterocycles. The fraction of sp³-hybridized carbons (Fsp3) is 0.211. The van der Waals surface area contributed by atoms with Gasteiger partial charge in [-0.25, -0.2) is 9.97 Å². The molecular formula is C19H19N5O. The summed E-state index contributed by atoms with van der Waals surface area (Å²) >= 11 is 0. The molecule has 0 spiro atoms. The predicted molar refractivity (Wildman–Crippen MR) is 98.0 cm³/mol. The molecular weight excluding hydrogens is 314 g/mol. The van der Waals surface area contributed by atoms with Crippen LogP contribution in [0.3, 0.4) is 0 Å². The smallest absolute Gasteiger partial charge is 0.132 e. The van der Waals surface area contributed by atoms with Gasteiger partial charge in [-0.15, -0.1) is 0 Å². The number of nitrogens with zero attached hydrogens (tertiary/aromatic N) is 4. The molecule has 0 unspecified atom stereocenters. The molecule has 4 heterocycles. The minimum atomic E-state index is 0.745. The fourth-order valence-electron chi connectivity index (χ4n) is 2.79. The first-order valence-electron chi connectivity index (χ1n) is 8.32. The van der Waals surface area contributed by atoms with Crippen LogP contribution < -0.4 is 10.2 Å². The van der Waals surface area contributed by atoms with Gasteiger partial charge >= 0.3 is 0 Å². The third kappa shape index (κ3) is 3.75. The van der Waals surface area contributed by atoms with Crippen LogP contribution in [0.1, 0.15) is 0 Å². The second-order valence-corrected chi connectivity index (χ2v) is 5.77. The van der Waals surface area contributed by atoms with Crippen LogP contribution >= 0.6 is 0 Å². The molecule has 1 aliphatic heterocycles. The first-order chi connectivity index (χ1) is 12.4. The van der Waals surface area contributed by atoms with Crippen LogP contribution in [0.15, 0.2) is 61.1 Å². The van der Waals surface area contributed by atoms with Crippen molar-refractivity contribution in [2.24, 2.45) is 0 Å². The highest BCUT2D eigenvalue weighted by Crippen LogP contribution is 2.22. The molecule has 3 aromatic heterocycles. The van der Waals surface area contributed by atoms with E-state index in [-0.39, 0.29) is 0 Å². The number of hydrogen-bond acceptors (Lipinski definition) is 6. The lowest BCUT2D eigenvalue weighted by Crippen LogP contribution is -2.36. The molecule has 0 aromatic carbocycles. The summed E-state index contributed by atoms with van der Waals surface area (Å²) in [5.74, 6) is 1.51. The van der Waals surface area contributed by atoms with Crippen molar-refractivity contribution in [1.82, 2.24) is 15.0 Å². The Balaban J connectivity index is 1.48. The van der Waals surface area contributed by atoms with Crippen LogP contribution in [0.25, 0.3) is 11.3 Å². The van der Waals surface area contributed by atoms with Gasteiger partial charge in [-0.1, -0.05) is 6.07 Å². The Bertz CT molecular complexity index is 817. The first kappa shape index (κ1) is 15.5. The molecule has 4 rings (SSSR count). The Morgan fingerprint density at radius 3 is 2.56 bits per heavy atom. The molecule has 6 heteroatoms. The summed E-state index contributed by atoms with van der Waals surface area (Å²) in [5.41, 5.74) is 3.05. The van der Waals surface area contributed by atoms with E-state index in [0.29, 0.717) is 0 Å². The Hall–Kier alpha value is -2.99. The minimum absolute atomic E-state index is 0.745. The van der Waals surface area contributed by atoms with Crippen molar-refractivity contribution in [1.29, 1.82) is 0 Å². The van der Waals surface area contributed by atoms with Crippen LogP contribution in [0.4, 0.5) is 17.3 Å². The van der Waals surface area contributed by atoms with E-state index in [1.807, 2.05) is 42.6 Å². The van der Waals surface area contributed by atoms with Crippen molar-refractivity contribution >= 4 is 17.3 Å². The minimum Gasteiger partial charge on any atom is -0.378 e. The van der Waals surface area contributed by atoms with E-state index in [0.717, 1.165) is 54.9 Å². The zero-order valence-electron chi connectivity index (χ0n) is 13.8. The van der Waals surface area contributed by atoms with Crippen molar-refractivity contribution in [2.45, 2.75) is 0 Å². The third-order valence-electron chi connectivity index (χ3n) is 4.10. The van der Waals surface area contributed by atoms with Crippen LogP contribution in [0, 0.1) is 0 Å². The lowest BCUT2D eigenvalue weighted by atomic mass is 10.2. The van der Waals surface area contributed by atoms with Crippen molar-refractivity contribution in [2.75, 3.05) is 36.5 Å². The monoisotopic (exact) mass is 333 g/mol. The average molecular weight is 333 g/mol. The second kappa shape index (κ2) is 7.27. The van der Waals surface area contributed by atoms with Crippen LogP contribution in [0.2, 0.25) is 0 Å². The maximum Gasteiger partial charge on any atom is 0.132 e. The van der Waals surface area contributed by atoms with E-state index in [9.17, 15) is 0 Å². The summed E-state index contributed by atoms with van der Waals surface area (Å²) in [5, 5.41) is 3.25. The van der Waals surface area contributed by atoms with Gasteiger partial charge in [-0.2, -0.15) is 0 Å². The first-order valence-corrected chi connectivity index (χ1v) is 8.32. The topological polar surface area (TPSA) is 63.2 Å². The number of anilines is 3. The van der Waals surface area contributed by atoms with E-state index in [1.54, 1.807) is 12.4 Å². The molecule has 0 bridgehead atoms. The molecule has 0 saturated carbocycles. The maximum absolute atomic E-state index is 5.38. The quantitative estimate of drug-likeness (QED) is 0.791. The standard InChI is InChI=1S/C19H19N5O/c1-2-7-20-17(3-1)15-6-8-21-19(13-15)23-18-5-4-16(14-22-18)24-9-11-25-12-10-24/h1-8,13-14H,9-12H2,(H,21,22,23). The number of morpholine rings is 1. The highest BCUT2D eigenvalue weighted by atomic mass is 16.5. The summed E-state index contributed by atoms with van der Waals surface area (Å²) in [6.45, 7) is 3.35. The van der Waals surface area contributed by atoms with Gasteiger partial charge in [0.05, 0.1) is 30.8 Å². The molecule has 126 valence electrons. The Labute approximate surface area is 146 Å². The molecule has 6 nitrogen and oxygen atoms in total. The fourth-order valence-corrected chi connectivity index (χ4v) is 2.79. The van der Waals surface area contributed by atoms with E-state index in [1.165, 1.54) is 0 Å². The lowest BCUT2D eigenvalue weighted by Gasteiger charge is -2.28. The van der Waals surface area contributed by atoms with E-state index in [2.05, 4.69) is 31.2 Å². The van der Waals surface area contributed by atoms with Crippen molar-refractivity contribution < 1.29 is 4.74 Å². The molecule has 0 aliphatic carbocycles. The number of rotatable bonds is 4. The van der Waals surface area contributed by atoms with Gasteiger partial charge in [-0.05, 0) is 36.4 Å². The number of hydrogen-bond donors (Lipinski definition) is 1. The van der Waals surface area contributed by atoms with Gasteiger partial charge < -0.3 is 15.0 Å². The lowest BCUT2D eigenvalue weighted by molar-refractivity contribution is 0.122. The third-order valence-corrected chi connectivity index (χ3v) is 4.10.